The number of aliphatic hydroxyl groups is 2. The lowest BCUT2D eigenvalue weighted by Crippen LogP contribution is -2.33. The molecule has 2 nitrogen and oxygen atoms in total. The van der Waals surface area contributed by atoms with Gasteiger partial charge < -0.3 is 10.2 Å². The molecule has 0 aromatic rings. The van der Waals surface area contributed by atoms with Crippen LogP contribution in [0.1, 0.15) is 97.8 Å². The highest BCUT2D eigenvalue weighted by atomic mass is 16.3. The molecule has 0 aromatic carbocycles. The summed E-state index contributed by atoms with van der Waals surface area (Å²) in [6, 6.07) is 0. The largest absolute Gasteiger partial charge is 0.390 e. The molecule has 158 valence electrons. The van der Waals surface area contributed by atoms with Crippen LogP contribution < -0.4 is 0 Å². The highest BCUT2D eigenvalue weighted by molar-refractivity contribution is 5.27. The van der Waals surface area contributed by atoms with E-state index in [4.69, 9.17) is 0 Å². The van der Waals surface area contributed by atoms with Gasteiger partial charge >= 0.3 is 0 Å². The lowest BCUT2D eigenvalue weighted by atomic mass is 9.62. The van der Waals surface area contributed by atoms with E-state index in [0.29, 0.717) is 5.41 Å². The van der Waals surface area contributed by atoms with E-state index in [-0.39, 0.29) is 6.10 Å². The standard InChI is InChI=1S/C26H42O2/c1-19-10-11-20(18-24(19)27)12-13-21-8-7-17-26(4)22(14-15-23(21)26)9-5-6-16-25(2,3)28/h12-13,22-24,27-28H,1,5-11,14-18H2,2-4H3/b20-12-,21-13+/t22?,23?,24-,26-/m1/s1. The molecule has 3 rings (SSSR count). The summed E-state index contributed by atoms with van der Waals surface area (Å²) < 4.78 is 0. The summed E-state index contributed by atoms with van der Waals surface area (Å²) in [5, 5.41) is 20.0. The zero-order valence-corrected chi connectivity index (χ0v) is 18.5. The van der Waals surface area contributed by atoms with E-state index in [2.05, 4.69) is 25.7 Å². The molecule has 3 aliphatic carbocycles. The number of fused-ring (bicyclic) bond motifs is 1. The van der Waals surface area contributed by atoms with Crippen LogP contribution in [0.2, 0.25) is 0 Å². The molecule has 3 saturated carbocycles. The first-order valence-electron chi connectivity index (χ1n) is 11.7. The molecule has 2 N–H and O–H groups in total. The third-order valence-electron chi connectivity index (χ3n) is 7.98. The highest BCUT2D eigenvalue weighted by Crippen LogP contribution is 2.58. The van der Waals surface area contributed by atoms with Gasteiger partial charge in [0.25, 0.3) is 0 Å². The Morgan fingerprint density at radius 2 is 1.93 bits per heavy atom. The summed E-state index contributed by atoms with van der Waals surface area (Å²) in [6.07, 6.45) is 18.5. The van der Waals surface area contributed by atoms with E-state index in [9.17, 15) is 10.2 Å². The van der Waals surface area contributed by atoms with E-state index in [1.165, 1.54) is 50.5 Å². The quantitative estimate of drug-likeness (QED) is 0.405. The normalized spacial score (nSPS) is 36.9. The lowest BCUT2D eigenvalue weighted by molar-refractivity contribution is 0.0660. The fourth-order valence-electron chi connectivity index (χ4n) is 6.13. The molecule has 0 bridgehead atoms. The summed E-state index contributed by atoms with van der Waals surface area (Å²) in [4.78, 5) is 0. The molecule has 0 heterocycles. The third kappa shape index (κ3) is 5.19. The monoisotopic (exact) mass is 386 g/mol. The van der Waals surface area contributed by atoms with Crippen LogP contribution in [0, 0.1) is 17.3 Å². The van der Waals surface area contributed by atoms with Crippen molar-refractivity contribution in [1.82, 2.24) is 0 Å². The minimum Gasteiger partial charge on any atom is -0.390 e. The van der Waals surface area contributed by atoms with Crippen molar-refractivity contribution in [2.75, 3.05) is 0 Å². The van der Waals surface area contributed by atoms with Gasteiger partial charge in [0.15, 0.2) is 0 Å². The van der Waals surface area contributed by atoms with Crippen molar-refractivity contribution < 1.29 is 10.2 Å². The maximum Gasteiger partial charge on any atom is 0.0784 e. The maximum absolute atomic E-state index is 10.1. The minimum absolute atomic E-state index is 0.338. The number of aliphatic hydroxyl groups excluding tert-OH is 1. The zero-order valence-electron chi connectivity index (χ0n) is 18.5. The summed E-state index contributed by atoms with van der Waals surface area (Å²) in [7, 11) is 0. The van der Waals surface area contributed by atoms with E-state index in [1.807, 2.05) is 13.8 Å². The number of unbranched alkanes of at least 4 members (excludes halogenated alkanes) is 1. The fraction of sp³-hybridized carbons (Fsp3) is 0.769. The van der Waals surface area contributed by atoms with Crippen molar-refractivity contribution in [3.8, 4) is 0 Å². The van der Waals surface area contributed by atoms with Gasteiger partial charge in [-0.3, -0.25) is 0 Å². The minimum atomic E-state index is -0.518. The van der Waals surface area contributed by atoms with Gasteiger partial charge in [0.2, 0.25) is 0 Å². The molecule has 0 aromatic heterocycles. The molecule has 3 fully saturated rings. The van der Waals surface area contributed by atoms with Crippen LogP contribution in [0.4, 0.5) is 0 Å². The second-order valence-electron chi connectivity index (χ2n) is 10.7. The molecular formula is C26H42O2. The first-order valence-corrected chi connectivity index (χ1v) is 11.7. The summed E-state index contributed by atoms with van der Waals surface area (Å²) >= 11 is 0. The number of hydrogen-bond donors (Lipinski definition) is 2. The molecule has 0 radical (unpaired) electrons. The van der Waals surface area contributed by atoms with Crippen LogP contribution in [0.3, 0.4) is 0 Å². The molecule has 0 amide bonds. The maximum atomic E-state index is 10.1. The number of rotatable bonds is 6. The Morgan fingerprint density at radius 3 is 2.64 bits per heavy atom. The Hall–Kier alpha value is -0.860. The van der Waals surface area contributed by atoms with Crippen molar-refractivity contribution in [1.29, 1.82) is 0 Å². The Balaban J connectivity index is 1.60. The van der Waals surface area contributed by atoms with E-state index in [1.54, 1.807) is 5.57 Å². The lowest BCUT2D eigenvalue weighted by Gasteiger charge is -2.42. The van der Waals surface area contributed by atoms with Gasteiger partial charge in [-0.1, -0.05) is 49.6 Å². The van der Waals surface area contributed by atoms with Gasteiger partial charge in [0.05, 0.1) is 11.7 Å². The molecular weight excluding hydrogens is 344 g/mol. The predicted octanol–water partition coefficient (Wildman–Crippen LogP) is 6.49. The van der Waals surface area contributed by atoms with Crippen molar-refractivity contribution in [2.24, 2.45) is 17.3 Å². The summed E-state index contributed by atoms with van der Waals surface area (Å²) in [5.41, 5.74) is 4.01. The molecule has 0 aliphatic heterocycles. The van der Waals surface area contributed by atoms with Gasteiger partial charge in [0, 0.05) is 0 Å². The fourth-order valence-corrected chi connectivity index (χ4v) is 6.13. The van der Waals surface area contributed by atoms with Gasteiger partial charge in [-0.25, -0.2) is 0 Å². The molecule has 0 spiro atoms. The van der Waals surface area contributed by atoms with Crippen molar-refractivity contribution in [3.63, 3.8) is 0 Å². The third-order valence-corrected chi connectivity index (χ3v) is 7.98. The zero-order chi connectivity index (χ0) is 20.4. The average molecular weight is 387 g/mol. The van der Waals surface area contributed by atoms with Crippen LogP contribution in [0.15, 0.2) is 35.5 Å². The van der Waals surface area contributed by atoms with Gasteiger partial charge in [0.1, 0.15) is 0 Å². The summed E-state index contributed by atoms with van der Waals surface area (Å²) in [5.74, 6) is 1.59. The Labute approximate surface area is 172 Å². The van der Waals surface area contributed by atoms with Crippen molar-refractivity contribution >= 4 is 0 Å². The molecule has 2 unspecified atom stereocenters. The van der Waals surface area contributed by atoms with Crippen LogP contribution in [0.25, 0.3) is 0 Å². The van der Waals surface area contributed by atoms with Gasteiger partial charge in [-0.05, 0) is 101 Å². The topological polar surface area (TPSA) is 40.5 Å². The van der Waals surface area contributed by atoms with E-state index >= 15 is 0 Å². The predicted molar refractivity (Wildman–Crippen MR) is 118 cm³/mol. The molecule has 0 saturated heterocycles. The molecule has 2 heteroatoms. The smallest absolute Gasteiger partial charge is 0.0784 e. The molecule has 3 aliphatic rings. The summed E-state index contributed by atoms with van der Waals surface area (Å²) in [6.45, 7) is 10.4. The van der Waals surface area contributed by atoms with Crippen LogP contribution in [-0.4, -0.2) is 21.9 Å². The van der Waals surface area contributed by atoms with E-state index < -0.39 is 5.60 Å². The van der Waals surface area contributed by atoms with Gasteiger partial charge in [-0.15, -0.1) is 0 Å². The average Bonchev–Trinajstić information content (AvgIpc) is 2.96. The first kappa shape index (κ1) is 21.8. The first-order chi connectivity index (χ1) is 13.2. The van der Waals surface area contributed by atoms with Gasteiger partial charge in [-0.2, -0.15) is 0 Å². The van der Waals surface area contributed by atoms with Crippen molar-refractivity contribution in [3.05, 3.63) is 35.5 Å². The number of allylic oxidation sites excluding steroid dienone is 3. The second kappa shape index (κ2) is 8.88. The van der Waals surface area contributed by atoms with Crippen LogP contribution in [-0.2, 0) is 0 Å². The second-order valence-corrected chi connectivity index (χ2v) is 10.7. The number of hydrogen-bond acceptors (Lipinski definition) is 2. The SMILES string of the molecule is C=C1CC/C(=C/C=C2\CCC[C@]3(C)C(CCCCC(C)(C)O)CCC23)C[C@H]1O. The Bertz CT molecular complexity index is 621. The van der Waals surface area contributed by atoms with Crippen LogP contribution in [0.5, 0.6) is 0 Å². The van der Waals surface area contributed by atoms with Crippen molar-refractivity contribution in [2.45, 2.75) is 110 Å². The van der Waals surface area contributed by atoms with Crippen LogP contribution >= 0.6 is 0 Å². The Kier molecular flexibility index (Phi) is 6.92. The highest BCUT2D eigenvalue weighted by Gasteiger charge is 2.48. The van der Waals surface area contributed by atoms with E-state index in [0.717, 1.165) is 49.5 Å². The molecule has 4 atom stereocenters. The molecule has 28 heavy (non-hydrogen) atoms. The Morgan fingerprint density at radius 1 is 1.14 bits per heavy atom.